The van der Waals surface area contributed by atoms with Crippen molar-refractivity contribution in [2.24, 2.45) is 0 Å². The fraction of sp³-hybridized carbons (Fsp3) is 0.188. The summed E-state index contributed by atoms with van der Waals surface area (Å²) in [5.41, 5.74) is 10.5. The predicted molar refractivity (Wildman–Crippen MR) is 81.4 cm³/mol. The van der Waals surface area contributed by atoms with Crippen LogP contribution in [0.5, 0.6) is 0 Å². The van der Waals surface area contributed by atoms with Crippen LogP contribution in [0.1, 0.15) is 21.5 Å². The van der Waals surface area contributed by atoms with Crippen LogP contribution in [0.15, 0.2) is 36.4 Å². The summed E-state index contributed by atoms with van der Waals surface area (Å²) in [6.07, 6.45) is 0. The Morgan fingerprint density at radius 2 is 1.85 bits per heavy atom. The zero-order valence-corrected chi connectivity index (χ0v) is 11.9. The van der Waals surface area contributed by atoms with Crippen molar-refractivity contribution in [3.8, 4) is 0 Å². The van der Waals surface area contributed by atoms with Crippen LogP contribution in [0, 0.1) is 13.8 Å². The molecule has 0 spiro atoms. The average Bonchev–Trinajstić information content (AvgIpc) is 2.44. The predicted octanol–water partition coefficient (Wildman–Crippen LogP) is 3.42. The molecule has 0 saturated carbocycles. The number of hydrogen-bond donors (Lipinski definition) is 2. The largest absolute Gasteiger partial charge is 0.465 e. The molecule has 4 heteroatoms. The number of benzene rings is 2. The number of esters is 1. The molecular weight excluding hydrogens is 252 g/mol. The highest BCUT2D eigenvalue weighted by molar-refractivity contribution is 5.97. The van der Waals surface area contributed by atoms with Gasteiger partial charge in [0.05, 0.1) is 12.7 Å². The monoisotopic (exact) mass is 270 g/mol. The molecule has 0 saturated heterocycles. The molecular formula is C16H18N2O2. The van der Waals surface area contributed by atoms with Crippen LogP contribution in [0.2, 0.25) is 0 Å². The molecule has 104 valence electrons. The lowest BCUT2D eigenvalue weighted by atomic mass is 10.1. The number of para-hydroxylation sites is 1. The minimum absolute atomic E-state index is 0.378. The number of hydrogen-bond acceptors (Lipinski definition) is 4. The normalized spacial score (nSPS) is 10.2. The van der Waals surface area contributed by atoms with Gasteiger partial charge < -0.3 is 15.8 Å². The first kappa shape index (κ1) is 13.9. The van der Waals surface area contributed by atoms with Crippen LogP contribution >= 0.6 is 0 Å². The molecule has 0 aliphatic heterocycles. The van der Waals surface area contributed by atoms with E-state index in [1.165, 1.54) is 7.11 Å². The lowest BCUT2D eigenvalue weighted by Crippen LogP contribution is -2.08. The molecule has 2 rings (SSSR count). The zero-order valence-electron chi connectivity index (χ0n) is 11.9. The Labute approximate surface area is 118 Å². The van der Waals surface area contributed by atoms with E-state index in [-0.39, 0.29) is 0 Å². The van der Waals surface area contributed by atoms with Crippen molar-refractivity contribution in [3.63, 3.8) is 0 Å². The first-order chi connectivity index (χ1) is 9.52. The molecule has 0 aliphatic carbocycles. The van der Waals surface area contributed by atoms with Gasteiger partial charge in [0.25, 0.3) is 0 Å². The molecule has 0 bridgehead atoms. The molecule has 2 aromatic rings. The van der Waals surface area contributed by atoms with E-state index in [4.69, 9.17) is 10.5 Å². The third-order valence-corrected chi connectivity index (χ3v) is 3.22. The van der Waals surface area contributed by atoms with E-state index < -0.39 is 5.97 Å². The van der Waals surface area contributed by atoms with Crippen molar-refractivity contribution >= 4 is 23.0 Å². The molecule has 0 aliphatic rings. The van der Waals surface area contributed by atoms with Crippen LogP contribution in [0.25, 0.3) is 0 Å². The number of nitrogen functional groups attached to an aromatic ring is 1. The maximum atomic E-state index is 11.7. The summed E-state index contributed by atoms with van der Waals surface area (Å²) in [6.45, 7) is 3.89. The van der Waals surface area contributed by atoms with Crippen LogP contribution in [-0.4, -0.2) is 13.1 Å². The van der Waals surface area contributed by atoms with E-state index in [1.54, 1.807) is 6.07 Å². The Kier molecular flexibility index (Phi) is 3.94. The number of ether oxygens (including phenoxy) is 1. The first-order valence-electron chi connectivity index (χ1n) is 6.34. The van der Waals surface area contributed by atoms with E-state index in [0.29, 0.717) is 11.3 Å². The molecule has 3 N–H and O–H groups in total. The van der Waals surface area contributed by atoms with E-state index in [1.807, 2.05) is 44.2 Å². The SMILES string of the molecule is COC(=O)c1cc(Nc2ccccc2C)cc(C)c1N. The topological polar surface area (TPSA) is 64.3 Å². The molecule has 20 heavy (non-hydrogen) atoms. The van der Waals surface area contributed by atoms with Gasteiger partial charge in [0, 0.05) is 17.1 Å². The Hall–Kier alpha value is -2.49. The van der Waals surface area contributed by atoms with Crippen molar-refractivity contribution in [2.75, 3.05) is 18.2 Å². The van der Waals surface area contributed by atoms with Crippen LogP contribution in [-0.2, 0) is 4.74 Å². The summed E-state index contributed by atoms with van der Waals surface area (Å²) in [7, 11) is 1.35. The summed E-state index contributed by atoms with van der Waals surface area (Å²) in [4.78, 5) is 11.7. The number of nitrogens with two attached hydrogens (primary N) is 1. The average molecular weight is 270 g/mol. The maximum absolute atomic E-state index is 11.7. The minimum atomic E-state index is -0.431. The smallest absolute Gasteiger partial charge is 0.340 e. The molecule has 0 unspecified atom stereocenters. The summed E-state index contributed by atoms with van der Waals surface area (Å²) in [6, 6.07) is 11.6. The summed E-state index contributed by atoms with van der Waals surface area (Å²) < 4.78 is 4.75. The third kappa shape index (κ3) is 2.74. The second-order valence-electron chi connectivity index (χ2n) is 4.69. The van der Waals surface area contributed by atoms with E-state index >= 15 is 0 Å². The Morgan fingerprint density at radius 3 is 2.50 bits per heavy atom. The van der Waals surface area contributed by atoms with Gasteiger partial charge >= 0.3 is 5.97 Å². The Morgan fingerprint density at radius 1 is 1.15 bits per heavy atom. The fourth-order valence-corrected chi connectivity index (χ4v) is 2.02. The molecule has 4 nitrogen and oxygen atoms in total. The maximum Gasteiger partial charge on any atom is 0.340 e. The van der Waals surface area contributed by atoms with Crippen molar-refractivity contribution < 1.29 is 9.53 Å². The van der Waals surface area contributed by atoms with Crippen molar-refractivity contribution in [1.82, 2.24) is 0 Å². The lowest BCUT2D eigenvalue weighted by molar-refractivity contribution is 0.0602. The van der Waals surface area contributed by atoms with Gasteiger partial charge in [0.15, 0.2) is 0 Å². The van der Waals surface area contributed by atoms with Crippen LogP contribution in [0.4, 0.5) is 17.1 Å². The van der Waals surface area contributed by atoms with E-state index in [9.17, 15) is 4.79 Å². The summed E-state index contributed by atoms with van der Waals surface area (Å²) in [5, 5.41) is 3.30. The Balaban J connectivity index is 2.41. The van der Waals surface area contributed by atoms with Gasteiger partial charge in [-0.2, -0.15) is 0 Å². The molecule has 0 amide bonds. The fourth-order valence-electron chi connectivity index (χ4n) is 2.02. The number of carbonyl (C=O) groups is 1. The van der Waals surface area contributed by atoms with Gasteiger partial charge in [-0.05, 0) is 43.2 Å². The minimum Gasteiger partial charge on any atom is -0.465 e. The summed E-state index contributed by atoms with van der Waals surface area (Å²) in [5.74, 6) is -0.431. The highest BCUT2D eigenvalue weighted by Crippen LogP contribution is 2.27. The molecule has 0 heterocycles. The number of nitrogens with one attached hydrogen (secondary N) is 1. The van der Waals surface area contributed by atoms with Gasteiger partial charge in [0.1, 0.15) is 0 Å². The lowest BCUT2D eigenvalue weighted by Gasteiger charge is -2.13. The summed E-state index contributed by atoms with van der Waals surface area (Å²) >= 11 is 0. The van der Waals surface area contributed by atoms with Gasteiger partial charge in [-0.25, -0.2) is 4.79 Å². The number of carbonyl (C=O) groups excluding carboxylic acids is 1. The zero-order chi connectivity index (χ0) is 14.7. The second kappa shape index (κ2) is 5.65. The van der Waals surface area contributed by atoms with E-state index in [2.05, 4.69) is 5.32 Å². The van der Waals surface area contributed by atoms with E-state index in [0.717, 1.165) is 22.5 Å². The number of methoxy groups -OCH3 is 1. The van der Waals surface area contributed by atoms with Crippen molar-refractivity contribution in [2.45, 2.75) is 13.8 Å². The quantitative estimate of drug-likeness (QED) is 0.662. The highest BCUT2D eigenvalue weighted by atomic mass is 16.5. The standard InChI is InChI=1S/C16H18N2O2/c1-10-6-4-5-7-14(10)18-12-8-11(2)15(17)13(9-12)16(19)20-3/h4-9,18H,17H2,1-3H3. The number of anilines is 3. The van der Waals surface area contributed by atoms with Crippen LogP contribution < -0.4 is 11.1 Å². The third-order valence-electron chi connectivity index (χ3n) is 3.22. The molecule has 0 fully saturated rings. The van der Waals surface area contributed by atoms with Crippen molar-refractivity contribution in [1.29, 1.82) is 0 Å². The first-order valence-corrected chi connectivity index (χ1v) is 6.34. The number of rotatable bonds is 3. The van der Waals surface area contributed by atoms with Gasteiger partial charge in [-0.15, -0.1) is 0 Å². The van der Waals surface area contributed by atoms with Gasteiger partial charge in [0.2, 0.25) is 0 Å². The molecule has 2 aromatic carbocycles. The number of aryl methyl sites for hydroxylation is 2. The van der Waals surface area contributed by atoms with Crippen molar-refractivity contribution in [3.05, 3.63) is 53.1 Å². The molecule has 0 radical (unpaired) electrons. The molecule has 0 atom stereocenters. The highest BCUT2D eigenvalue weighted by Gasteiger charge is 2.13. The van der Waals surface area contributed by atoms with Gasteiger partial charge in [-0.3, -0.25) is 0 Å². The Bertz CT molecular complexity index is 651. The van der Waals surface area contributed by atoms with Crippen LogP contribution in [0.3, 0.4) is 0 Å². The molecule has 0 aromatic heterocycles. The van der Waals surface area contributed by atoms with Gasteiger partial charge in [-0.1, -0.05) is 18.2 Å². The second-order valence-corrected chi connectivity index (χ2v) is 4.69.